The molecule has 0 radical (unpaired) electrons. The van der Waals surface area contributed by atoms with Crippen LogP contribution in [0.2, 0.25) is 0 Å². The highest BCUT2D eigenvalue weighted by Crippen LogP contribution is 2.13. The van der Waals surface area contributed by atoms with Crippen molar-refractivity contribution >= 4 is 17.6 Å². The minimum Gasteiger partial charge on any atom is -0.351 e. The maximum absolute atomic E-state index is 12.3. The van der Waals surface area contributed by atoms with Crippen LogP contribution in [0.5, 0.6) is 0 Å². The Bertz CT molecular complexity index is 472. The van der Waals surface area contributed by atoms with E-state index in [4.69, 9.17) is 5.73 Å². The van der Waals surface area contributed by atoms with Crippen LogP contribution in [0.15, 0.2) is 24.3 Å². The molecule has 0 bridgehead atoms. The summed E-state index contributed by atoms with van der Waals surface area (Å²) in [4.78, 5) is 24.9. The average molecular weight is 262 g/mol. The standard InChI is InChI=1S/C13H18N4O2/c1-9-8-15-6-7-17(9)12(18)10-2-4-11(5-3-10)16-13(14)19/h2-5,9,15H,6-8H2,1H3,(H3,14,16,19)/t9-/m0/s1. The van der Waals surface area contributed by atoms with E-state index in [1.807, 2.05) is 11.8 Å². The second-order valence-corrected chi connectivity index (χ2v) is 4.62. The smallest absolute Gasteiger partial charge is 0.316 e. The van der Waals surface area contributed by atoms with Gasteiger partial charge in [0.2, 0.25) is 0 Å². The summed E-state index contributed by atoms with van der Waals surface area (Å²) >= 11 is 0. The largest absolute Gasteiger partial charge is 0.351 e. The van der Waals surface area contributed by atoms with E-state index in [1.54, 1.807) is 24.3 Å². The summed E-state index contributed by atoms with van der Waals surface area (Å²) < 4.78 is 0. The number of rotatable bonds is 2. The maximum atomic E-state index is 12.3. The fourth-order valence-corrected chi connectivity index (χ4v) is 2.15. The van der Waals surface area contributed by atoms with E-state index < -0.39 is 6.03 Å². The van der Waals surface area contributed by atoms with Crippen LogP contribution in [-0.2, 0) is 0 Å². The molecule has 1 aliphatic rings. The molecule has 0 aromatic heterocycles. The molecule has 1 atom stereocenters. The van der Waals surface area contributed by atoms with Gasteiger partial charge in [0.15, 0.2) is 0 Å². The molecule has 1 fully saturated rings. The summed E-state index contributed by atoms with van der Waals surface area (Å²) in [5, 5.41) is 5.71. The Morgan fingerprint density at radius 2 is 2.05 bits per heavy atom. The third-order valence-electron chi connectivity index (χ3n) is 3.16. The molecule has 0 unspecified atom stereocenters. The van der Waals surface area contributed by atoms with Crippen molar-refractivity contribution in [3.8, 4) is 0 Å². The lowest BCUT2D eigenvalue weighted by molar-refractivity contribution is 0.0656. The minimum absolute atomic E-state index is 0.0135. The van der Waals surface area contributed by atoms with Gasteiger partial charge in [-0.25, -0.2) is 4.79 Å². The molecular weight excluding hydrogens is 244 g/mol. The van der Waals surface area contributed by atoms with E-state index in [9.17, 15) is 9.59 Å². The van der Waals surface area contributed by atoms with Crippen molar-refractivity contribution in [2.45, 2.75) is 13.0 Å². The fourth-order valence-electron chi connectivity index (χ4n) is 2.15. The fraction of sp³-hybridized carbons (Fsp3) is 0.385. The number of amides is 3. The highest BCUT2D eigenvalue weighted by atomic mass is 16.2. The molecule has 1 aliphatic heterocycles. The first kappa shape index (κ1) is 13.4. The Morgan fingerprint density at radius 1 is 1.37 bits per heavy atom. The van der Waals surface area contributed by atoms with Crippen molar-refractivity contribution in [3.63, 3.8) is 0 Å². The number of nitrogens with one attached hydrogen (secondary N) is 2. The zero-order valence-corrected chi connectivity index (χ0v) is 10.8. The number of benzene rings is 1. The van der Waals surface area contributed by atoms with Crippen molar-refractivity contribution in [2.75, 3.05) is 25.0 Å². The molecular formula is C13H18N4O2. The molecule has 0 aliphatic carbocycles. The van der Waals surface area contributed by atoms with Crippen LogP contribution in [0.1, 0.15) is 17.3 Å². The third kappa shape index (κ3) is 3.23. The average Bonchev–Trinajstić information content (AvgIpc) is 2.39. The molecule has 4 N–H and O–H groups in total. The van der Waals surface area contributed by atoms with Crippen LogP contribution in [-0.4, -0.2) is 42.5 Å². The molecule has 1 heterocycles. The Morgan fingerprint density at radius 3 is 2.63 bits per heavy atom. The van der Waals surface area contributed by atoms with Gasteiger partial charge in [-0.05, 0) is 31.2 Å². The summed E-state index contributed by atoms with van der Waals surface area (Å²) in [6.07, 6.45) is 0. The highest BCUT2D eigenvalue weighted by Gasteiger charge is 2.23. The van der Waals surface area contributed by atoms with E-state index in [2.05, 4.69) is 10.6 Å². The number of anilines is 1. The number of carbonyl (C=O) groups is 2. The lowest BCUT2D eigenvalue weighted by Crippen LogP contribution is -2.52. The SMILES string of the molecule is C[C@H]1CNCCN1C(=O)c1ccc(NC(N)=O)cc1. The van der Waals surface area contributed by atoms with E-state index in [0.717, 1.165) is 13.1 Å². The second kappa shape index (κ2) is 5.71. The molecule has 102 valence electrons. The van der Waals surface area contributed by atoms with Crippen molar-refractivity contribution < 1.29 is 9.59 Å². The number of piperazine rings is 1. The topological polar surface area (TPSA) is 87.5 Å². The van der Waals surface area contributed by atoms with Crippen molar-refractivity contribution in [2.24, 2.45) is 5.73 Å². The van der Waals surface area contributed by atoms with Gasteiger partial charge in [-0.3, -0.25) is 4.79 Å². The quantitative estimate of drug-likeness (QED) is 0.729. The number of nitrogens with two attached hydrogens (primary N) is 1. The molecule has 0 spiro atoms. The number of nitrogens with zero attached hydrogens (tertiary/aromatic N) is 1. The van der Waals surface area contributed by atoms with Gasteiger partial charge in [0.05, 0.1) is 0 Å². The van der Waals surface area contributed by atoms with Gasteiger partial charge in [0, 0.05) is 36.9 Å². The van der Waals surface area contributed by atoms with Crippen LogP contribution in [0.25, 0.3) is 0 Å². The number of urea groups is 1. The van der Waals surface area contributed by atoms with E-state index in [-0.39, 0.29) is 11.9 Å². The molecule has 1 aromatic carbocycles. The molecule has 0 saturated carbocycles. The molecule has 19 heavy (non-hydrogen) atoms. The normalized spacial score (nSPS) is 19.0. The van der Waals surface area contributed by atoms with Gasteiger partial charge in [0.1, 0.15) is 0 Å². The van der Waals surface area contributed by atoms with Crippen LogP contribution in [0, 0.1) is 0 Å². The predicted octanol–water partition coefficient (Wildman–Crippen LogP) is 0.611. The van der Waals surface area contributed by atoms with Gasteiger partial charge in [-0.2, -0.15) is 0 Å². The molecule has 3 amide bonds. The van der Waals surface area contributed by atoms with Crippen LogP contribution in [0.4, 0.5) is 10.5 Å². The lowest BCUT2D eigenvalue weighted by atomic mass is 10.1. The number of hydrogen-bond donors (Lipinski definition) is 3. The number of carbonyl (C=O) groups excluding carboxylic acids is 2. The Balaban J connectivity index is 2.08. The third-order valence-corrected chi connectivity index (χ3v) is 3.16. The summed E-state index contributed by atoms with van der Waals surface area (Å²) in [5.74, 6) is 0.0135. The zero-order valence-electron chi connectivity index (χ0n) is 10.8. The monoisotopic (exact) mass is 262 g/mol. The first-order valence-corrected chi connectivity index (χ1v) is 6.26. The lowest BCUT2D eigenvalue weighted by Gasteiger charge is -2.34. The number of hydrogen-bond acceptors (Lipinski definition) is 3. The van der Waals surface area contributed by atoms with Gasteiger partial charge < -0.3 is 21.3 Å². The van der Waals surface area contributed by atoms with Crippen molar-refractivity contribution in [1.82, 2.24) is 10.2 Å². The maximum Gasteiger partial charge on any atom is 0.316 e. The summed E-state index contributed by atoms with van der Waals surface area (Å²) in [6.45, 7) is 4.36. The summed E-state index contributed by atoms with van der Waals surface area (Å²) in [5.41, 5.74) is 6.22. The van der Waals surface area contributed by atoms with Crippen molar-refractivity contribution in [1.29, 1.82) is 0 Å². The van der Waals surface area contributed by atoms with E-state index in [0.29, 0.717) is 17.8 Å². The highest BCUT2D eigenvalue weighted by molar-refractivity contribution is 5.95. The summed E-state index contributed by atoms with van der Waals surface area (Å²) in [6, 6.07) is 6.31. The molecule has 6 heteroatoms. The van der Waals surface area contributed by atoms with Gasteiger partial charge in [-0.1, -0.05) is 0 Å². The van der Waals surface area contributed by atoms with Gasteiger partial charge in [-0.15, -0.1) is 0 Å². The van der Waals surface area contributed by atoms with Gasteiger partial charge >= 0.3 is 6.03 Å². The van der Waals surface area contributed by atoms with E-state index >= 15 is 0 Å². The van der Waals surface area contributed by atoms with E-state index in [1.165, 1.54) is 0 Å². The molecule has 1 saturated heterocycles. The first-order chi connectivity index (χ1) is 9.08. The van der Waals surface area contributed by atoms with Crippen molar-refractivity contribution in [3.05, 3.63) is 29.8 Å². The predicted molar refractivity (Wildman–Crippen MR) is 73.0 cm³/mol. The molecule has 6 nitrogen and oxygen atoms in total. The van der Waals surface area contributed by atoms with Crippen LogP contribution >= 0.6 is 0 Å². The zero-order chi connectivity index (χ0) is 13.8. The first-order valence-electron chi connectivity index (χ1n) is 6.26. The Hall–Kier alpha value is -2.08. The Labute approximate surface area is 112 Å². The van der Waals surface area contributed by atoms with Crippen LogP contribution in [0.3, 0.4) is 0 Å². The number of primary amides is 1. The molecule has 1 aromatic rings. The van der Waals surface area contributed by atoms with Gasteiger partial charge in [0.25, 0.3) is 5.91 Å². The Kier molecular flexibility index (Phi) is 4.01. The molecule has 2 rings (SSSR count). The van der Waals surface area contributed by atoms with Crippen LogP contribution < -0.4 is 16.4 Å². The minimum atomic E-state index is -0.616. The summed E-state index contributed by atoms with van der Waals surface area (Å²) in [7, 11) is 0. The second-order valence-electron chi connectivity index (χ2n) is 4.62.